The van der Waals surface area contributed by atoms with Crippen molar-refractivity contribution < 1.29 is 9.84 Å². The van der Waals surface area contributed by atoms with Gasteiger partial charge >= 0.3 is 0 Å². The molecule has 2 N–H and O–H groups in total. The van der Waals surface area contributed by atoms with E-state index in [9.17, 15) is 0 Å². The van der Waals surface area contributed by atoms with Gasteiger partial charge in [0, 0.05) is 36.5 Å². The third kappa shape index (κ3) is 3.75. The van der Waals surface area contributed by atoms with Crippen molar-refractivity contribution in [1.29, 1.82) is 0 Å². The second kappa shape index (κ2) is 4.98. The van der Waals surface area contributed by atoms with Gasteiger partial charge in [0.05, 0.1) is 7.11 Å². The van der Waals surface area contributed by atoms with Crippen LogP contribution >= 0.6 is 0 Å². The van der Waals surface area contributed by atoms with E-state index in [2.05, 4.69) is 10.3 Å². The van der Waals surface area contributed by atoms with Crippen molar-refractivity contribution in [2.24, 2.45) is 5.41 Å². The first-order valence-corrected chi connectivity index (χ1v) is 4.92. The minimum absolute atomic E-state index is 0.128. The third-order valence-electron chi connectivity index (χ3n) is 2.14. The van der Waals surface area contributed by atoms with Gasteiger partial charge in [-0.2, -0.15) is 0 Å². The maximum atomic E-state index is 9.10. The number of methoxy groups -OCH3 is 1. The number of nitrogens with zero attached hydrogens (tertiary/aromatic N) is 1. The molecule has 0 saturated heterocycles. The van der Waals surface area contributed by atoms with E-state index in [1.54, 1.807) is 13.3 Å². The first-order chi connectivity index (χ1) is 7.07. The summed E-state index contributed by atoms with van der Waals surface area (Å²) in [5.41, 5.74) is 0.819. The molecule has 0 aliphatic rings. The van der Waals surface area contributed by atoms with Crippen molar-refractivity contribution >= 4 is 5.69 Å². The van der Waals surface area contributed by atoms with Crippen LogP contribution in [-0.4, -0.2) is 30.4 Å². The van der Waals surface area contributed by atoms with Gasteiger partial charge in [0.1, 0.15) is 0 Å². The molecular formula is C11H18N2O2. The second-order valence-corrected chi connectivity index (χ2v) is 4.26. The number of ether oxygens (including phenoxy) is 1. The zero-order valence-corrected chi connectivity index (χ0v) is 9.45. The highest BCUT2D eigenvalue weighted by Crippen LogP contribution is 2.17. The topological polar surface area (TPSA) is 54.4 Å². The molecule has 84 valence electrons. The van der Waals surface area contributed by atoms with Crippen molar-refractivity contribution in [1.82, 2.24) is 4.98 Å². The summed E-state index contributed by atoms with van der Waals surface area (Å²) in [6.45, 7) is 4.86. The lowest BCUT2D eigenvalue weighted by Crippen LogP contribution is -2.26. The molecule has 0 aliphatic heterocycles. The number of aliphatic hydroxyl groups is 1. The number of rotatable bonds is 5. The fourth-order valence-electron chi connectivity index (χ4n) is 1.03. The molecule has 1 aromatic rings. The fourth-order valence-corrected chi connectivity index (χ4v) is 1.03. The molecule has 0 bridgehead atoms. The maximum Gasteiger partial charge on any atom is 0.214 e. The van der Waals surface area contributed by atoms with Gasteiger partial charge in [-0.3, -0.25) is 0 Å². The Morgan fingerprint density at radius 3 is 2.87 bits per heavy atom. The Bertz CT molecular complexity index is 313. The summed E-state index contributed by atoms with van der Waals surface area (Å²) in [5, 5.41) is 12.3. The highest BCUT2D eigenvalue weighted by Gasteiger charge is 2.15. The SMILES string of the molecule is COc1cc(NCC(C)(C)CO)ccn1. The predicted octanol–water partition coefficient (Wildman–Crippen LogP) is 1.52. The largest absolute Gasteiger partial charge is 0.481 e. The van der Waals surface area contributed by atoms with Crippen molar-refractivity contribution in [2.45, 2.75) is 13.8 Å². The molecular weight excluding hydrogens is 192 g/mol. The summed E-state index contributed by atoms with van der Waals surface area (Å²) in [6.07, 6.45) is 1.69. The summed E-state index contributed by atoms with van der Waals surface area (Å²) < 4.78 is 5.01. The van der Waals surface area contributed by atoms with Gasteiger partial charge in [0.2, 0.25) is 5.88 Å². The van der Waals surface area contributed by atoms with E-state index in [0.29, 0.717) is 12.4 Å². The zero-order chi connectivity index (χ0) is 11.3. The van der Waals surface area contributed by atoms with Crippen LogP contribution in [-0.2, 0) is 0 Å². The molecule has 1 aromatic heterocycles. The van der Waals surface area contributed by atoms with Gasteiger partial charge in [-0.25, -0.2) is 4.98 Å². The zero-order valence-electron chi connectivity index (χ0n) is 9.45. The molecule has 0 unspecified atom stereocenters. The van der Waals surface area contributed by atoms with Gasteiger partial charge in [0.25, 0.3) is 0 Å². The number of hydrogen-bond donors (Lipinski definition) is 2. The number of aliphatic hydroxyl groups excluding tert-OH is 1. The molecule has 0 aromatic carbocycles. The van der Waals surface area contributed by atoms with Crippen molar-refractivity contribution in [3.05, 3.63) is 18.3 Å². The molecule has 0 amide bonds. The number of nitrogens with one attached hydrogen (secondary N) is 1. The molecule has 1 rings (SSSR count). The van der Waals surface area contributed by atoms with Crippen LogP contribution in [0.3, 0.4) is 0 Å². The van der Waals surface area contributed by atoms with Crippen LogP contribution in [0.2, 0.25) is 0 Å². The number of anilines is 1. The second-order valence-electron chi connectivity index (χ2n) is 4.26. The van der Waals surface area contributed by atoms with Crippen LogP contribution in [0, 0.1) is 5.41 Å². The van der Waals surface area contributed by atoms with Gasteiger partial charge < -0.3 is 15.2 Å². The van der Waals surface area contributed by atoms with E-state index in [1.165, 1.54) is 0 Å². The number of aromatic nitrogens is 1. The lowest BCUT2D eigenvalue weighted by atomic mass is 9.95. The minimum Gasteiger partial charge on any atom is -0.481 e. The molecule has 4 nitrogen and oxygen atoms in total. The van der Waals surface area contributed by atoms with Crippen molar-refractivity contribution in [2.75, 3.05) is 25.6 Å². The van der Waals surface area contributed by atoms with Crippen LogP contribution in [0.15, 0.2) is 18.3 Å². The highest BCUT2D eigenvalue weighted by molar-refractivity contribution is 5.45. The number of hydrogen-bond acceptors (Lipinski definition) is 4. The molecule has 0 fully saturated rings. The van der Waals surface area contributed by atoms with Crippen LogP contribution in [0.4, 0.5) is 5.69 Å². The van der Waals surface area contributed by atoms with Crippen LogP contribution < -0.4 is 10.1 Å². The van der Waals surface area contributed by atoms with E-state index in [-0.39, 0.29) is 12.0 Å². The van der Waals surface area contributed by atoms with E-state index < -0.39 is 0 Å². The van der Waals surface area contributed by atoms with E-state index >= 15 is 0 Å². The van der Waals surface area contributed by atoms with Gasteiger partial charge in [-0.15, -0.1) is 0 Å². The first kappa shape index (κ1) is 11.8. The molecule has 4 heteroatoms. The summed E-state index contributed by atoms with van der Waals surface area (Å²) in [5.74, 6) is 0.585. The average Bonchev–Trinajstić information content (AvgIpc) is 2.27. The maximum absolute atomic E-state index is 9.10. The molecule has 1 heterocycles. The number of pyridine rings is 1. The Balaban J connectivity index is 2.57. The van der Waals surface area contributed by atoms with Crippen LogP contribution in [0.25, 0.3) is 0 Å². The Morgan fingerprint density at radius 2 is 2.27 bits per heavy atom. The molecule has 15 heavy (non-hydrogen) atoms. The van der Waals surface area contributed by atoms with Gasteiger partial charge in [-0.1, -0.05) is 13.8 Å². The monoisotopic (exact) mass is 210 g/mol. The Labute approximate surface area is 90.3 Å². The molecule has 0 saturated carbocycles. The molecule has 0 radical (unpaired) electrons. The summed E-state index contributed by atoms with van der Waals surface area (Å²) in [4.78, 5) is 4.01. The van der Waals surface area contributed by atoms with Crippen LogP contribution in [0.5, 0.6) is 5.88 Å². The smallest absolute Gasteiger partial charge is 0.214 e. The summed E-state index contributed by atoms with van der Waals surface area (Å²) in [6, 6.07) is 3.70. The van der Waals surface area contributed by atoms with Crippen molar-refractivity contribution in [3.8, 4) is 5.88 Å². The fraction of sp³-hybridized carbons (Fsp3) is 0.545. The first-order valence-electron chi connectivity index (χ1n) is 4.92. The predicted molar refractivity (Wildman–Crippen MR) is 60.1 cm³/mol. The lowest BCUT2D eigenvalue weighted by molar-refractivity contribution is 0.171. The molecule has 0 spiro atoms. The molecule has 0 atom stereocenters. The Morgan fingerprint density at radius 1 is 1.53 bits per heavy atom. The highest BCUT2D eigenvalue weighted by atomic mass is 16.5. The summed E-state index contributed by atoms with van der Waals surface area (Å²) in [7, 11) is 1.59. The normalized spacial score (nSPS) is 11.2. The van der Waals surface area contributed by atoms with E-state index in [4.69, 9.17) is 9.84 Å². The van der Waals surface area contributed by atoms with E-state index in [1.807, 2.05) is 26.0 Å². The Hall–Kier alpha value is -1.29. The summed E-state index contributed by atoms with van der Waals surface area (Å²) >= 11 is 0. The average molecular weight is 210 g/mol. The van der Waals surface area contributed by atoms with Crippen molar-refractivity contribution in [3.63, 3.8) is 0 Å². The standard InChI is InChI=1S/C11H18N2O2/c1-11(2,8-14)7-13-9-4-5-12-10(6-9)15-3/h4-6,14H,7-8H2,1-3H3,(H,12,13). The minimum atomic E-state index is -0.128. The lowest BCUT2D eigenvalue weighted by Gasteiger charge is -2.22. The van der Waals surface area contributed by atoms with Gasteiger partial charge in [0.15, 0.2) is 0 Å². The van der Waals surface area contributed by atoms with Crippen LogP contribution in [0.1, 0.15) is 13.8 Å². The Kier molecular flexibility index (Phi) is 3.91. The molecule has 0 aliphatic carbocycles. The quantitative estimate of drug-likeness (QED) is 0.773. The van der Waals surface area contributed by atoms with Gasteiger partial charge in [-0.05, 0) is 6.07 Å². The van der Waals surface area contributed by atoms with E-state index in [0.717, 1.165) is 5.69 Å². The third-order valence-corrected chi connectivity index (χ3v) is 2.14.